The molecule has 0 amide bonds. The van der Waals surface area contributed by atoms with Gasteiger partial charge in [0.15, 0.2) is 5.16 Å². The van der Waals surface area contributed by atoms with Crippen LogP contribution in [0.1, 0.15) is 25.2 Å². The Morgan fingerprint density at radius 3 is 2.81 bits per heavy atom. The summed E-state index contributed by atoms with van der Waals surface area (Å²) in [6, 6.07) is 0. The molecule has 0 N–H and O–H groups in total. The molecule has 0 atom stereocenters. The maximum Gasteiger partial charge on any atom is 0.192 e. The van der Waals surface area contributed by atoms with E-state index in [1.807, 2.05) is 14.0 Å². The second-order valence-corrected chi connectivity index (χ2v) is 7.20. The van der Waals surface area contributed by atoms with Gasteiger partial charge in [0, 0.05) is 12.4 Å². The molecule has 0 bridgehead atoms. The maximum absolute atomic E-state index is 4.63. The van der Waals surface area contributed by atoms with Crippen LogP contribution in [0.3, 0.4) is 0 Å². The third-order valence-electron chi connectivity index (χ3n) is 3.07. The van der Waals surface area contributed by atoms with Crippen LogP contribution in [-0.4, -0.2) is 24.7 Å². The Labute approximate surface area is 131 Å². The Balaban J connectivity index is 2.11. The average molecular weight is 319 g/mol. The first kappa shape index (κ1) is 14.5. The minimum atomic E-state index is 0.608. The van der Waals surface area contributed by atoms with Crippen molar-refractivity contribution in [1.29, 1.82) is 0 Å². The molecule has 0 saturated heterocycles. The number of fused-ring (bicyclic) bond motifs is 1. The highest BCUT2D eigenvalue weighted by Crippen LogP contribution is 2.36. The Hall–Kier alpha value is -1.47. The lowest BCUT2D eigenvalue weighted by Crippen LogP contribution is -1.98. The van der Waals surface area contributed by atoms with Gasteiger partial charge in [0.1, 0.15) is 22.0 Å². The summed E-state index contributed by atoms with van der Waals surface area (Å²) in [5.41, 5.74) is 1.33. The Bertz CT molecular complexity index is 775. The fraction of sp³-hybridized carbons (Fsp3) is 0.429. The summed E-state index contributed by atoms with van der Waals surface area (Å²) < 4.78 is 1.77. The van der Waals surface area contributed by atoms with Crippen molar-refractivity contribution in [1.82, 2.24) is 24.7 Å². The van der Waals surface area contributed by atoms with Crippen molar-refractivity contribution in [3.63, 3.8) is 0 Å². The number of hydrogen-bond donors (Lipinski definition) is 0. The summed E-state index contributed by atoms with van der Waals surface area (Å²) in [5.74, 6) is 1.40. The molecule has 0 saturated carbocycles. The standard InChI is InChI=1S/C14H17N5S2/c1-8(2)5-10-6-20-12-11(10)13(18-9(3)17-12)21-14-15-7-16-19(14)4/h6-8H,5H2,1-4H3. The van der Waals surface area contributed by atoms with Crippen molar-refractivity contribution in [3.8, 4) is 0 Å². The van der Waals surface area contributed by atoms with Gasteiger partial charge in [0.2, 0.25) is 0 Å². The summed E-state index contributed by atoms with van der Waals surface area (Å²) in [6.45, 7) is 6.39. The number of aromatic nitrogens is 5. The lowest BCUT2D eigenvalue weighted by molar-refractivity contribution is 0.650. The lowest BCUT2D eigenvalue weighted by atomic mass is 10.0. The number of hydrogen-bond acceptors (Lipinski definition) is 6. The van der Waals surface area contributed by atoms with Gasteiger partial charge < -0.3 is 0 Å². The van der Waals surface area contributed by atoms with Crippen LogP contribution in [0.25, 0.3) is 10.2 Å². The van der Waals surface area contributed by atoms with E-state index in [4.69, 9.17) is 0 Å². The summed E-state index contributed by atoms with van der Waals surface area (Å²) in [4.78, 5) is 14.5. The van der Waals surface area contributed by atoms with E-state index >= 15 is 0 Å². The highest BCUT2D eigenvalue weighted by atomic mass is 32.2. The van der Waals surface area contributed by atoms with Crippen molar-refractivity contribution in [3.05, 3.63) is 23.1 Å². The van der Waals surface area contributed by atoms with E-state index < -0.39 is 0 Å². The first-order valence-corrected chi connectivity index (χ1v) is 8.50. The molecule has 0 aliphatic carbocycles. The molecule has 0 unspecified atom stereocenters. The zero-order valence-electron chi connectivity index (χ0n) is 12.5. The minimum Gasteiger partial charge on any atom is -0.244 e. The van der Waals surface area contributed by atoms with Crippen LogP contribution in [0.5, 0.6) is 0 Å². The SMILES string of the molecule is Cc1nc(Sc2ncnn2C)c2c(CC(C)C)csc2n1. The number of rotatable bonds is 4. The average Bonchev–Trinajstić information content (AvgIpc) is 2.96. The monoisotopic (exact) mass is 319 g/mol. The van der Waals surface area contributed by atoms with E-state index in [2.05, 4.69) is 39.3 Å². The van der Waals surface area contributed by atoms with Crippen molar-refractivity contribution in [2.24, 2.45) is 13.0 Å². The number of thiophene rings is 1. The third-order valence-corrected chi connectivity index (χ3v) is 5.04. The Morgan fingerprint density at radius 2 is 2.14 bits per heavy atom. The molecule has 3 aromatic heterocycles. The molecule has 3 aromatic rings. The van der Waals surface area contributed by atoms with E-state index in [0.717, 1.165) is 27.3 Å². The molecule has 0 fully saturated rings. The molecular formula is C14H17N5S2. The fourth-order valence-corrected chi connectivity index (χ4v) is 4.22. The van der Waals surface area contributed by atoms with Gasteiger partial charge in [-0.3, -0.25) is 0 Å². The van der Waals surface area contributed by atoms with Gasteiger partial charge in [-0.2, -0.15) is 5.10 Å². The van der Waals surface area contributed by atoms with Gasteiger partial charge in [-0.1, -0.05) is 13.8 Å². The zero-order chi connectivity index (χ0) is 15.0. The summed E-state index contributed by atoms with van der Waals surface area (Å²) >= 11 is 3.25. The predicted molar refractivity (Wildman–Crippen MR) is 85.8 cm³/mol. The summed E-state index contributed by atoms with van der Waals surface area (Å²) in [7, 11) is 1.89. The fourth-order valence-electron chi connectivity index (χ4n) is 2.20. The second-order valence-electron chi connectivity index (χ2n) is 5.38. The summed E-state index contributed by atoms with van der Waals surface area (Å²) in [5, 5.41) is 9.32. The third kappa shape index (κ3) is 2.94. The molecule has 7 heteroatoms. The predicted octanol–water partition coefficient (Wildman–Crippen LogP) is 3.48. The Morgan fingerprint density at radius 1 is 1.33 bits per heavy atom. The highest BCUT2D eigenvalue weighted by Gasteiger charge is 2.16. The molecule has 0 aromatic carbocycles. The van der Waals surface area contributed by atoms with Crippen LogP contribution >= 0.6 is 23.1 Å². The van der Waals surface area contributed by atoms with Gasteiger partial charge in [-0.05, 0) is 42.0 Å². The van der Waals surface area contributed by atoms with Crippen molar-refractivity contribution >= 4 is 33.3 Å². The van der Waals surface area contributed by atoms with Crippen molar-refractivity contribution < 1.29 is 0 Å². The summed E-state index contributed by atoms with van der Waals surface area (Å²) in [6.07, 6.45) is 2.61. The topological polar surface area (TPSA) is 56.5 Å². The molecular weight excluding hydrogens is 302 g/mol. The maximum atomic E-state index is 4.63. The van der Waals surface area contributed by atoms with Crippen molar-refractivity contribution in [2.45, 2.75) is 37.4 Å². The highest BCUT2D eigenvalue weighted by molar-refractivity contribution is 7.99. The normalized spacial score (nSPS) is 11.7. The van der Waals surface area contributed by atoms with Gasteiger partial charge in [0.25, 0.3) is 0 Å². The number of aryl methyl sites for hydroxylation is 2. The lowest BCUT2D eigenvalue weighted by Gasteiger charge is -2.07. The molecule has 21 heavy (non-hydrogen) atoms. The molecule has 0 spiro atoms. The molecule has 0 radical (unpaired) electrons. The zero-order valence-corrected chi connectivity index (χ0v) is 14.1. The molecule has 5 nitrogen and oxygen atoms in total. The van der Waals surface area contributed by atoms with Crippen LogP contribution in [0, 0.1) is 12.8 Å². The molecule has 3 heterocycles. The molecule has 0 aliphatic rings. The molecule has 0 aliphatic heterocycles. The smallest absolute Gasteiger partial charge is 0.192 e. The van der Waals surface area contributed by atoms with E-state index in [0.29, 0.717) is 5.92 Å². The second kappa shape index (κ2) is 5.73. The van der Waals surface area contributed by atoms with Crippen LogP contribution < -0.4 is 0 Å². The largest absolute Gasteiger partial charge is 0.244 e. The minimum absolute atomic E-state index is 0.608. The van der Waals surface area contributed by atoms with Crippen LogP contribution in [-0.2, 0) is 13.5 Å². The molecule has 3 rings (SSSR count). The van der Waals surface area contributed by atoms with Crippen LogP contribution in [0.2, 0.25) is 0 Å². The van der Waals surface area contributed by atoms with Gasteiger partial charge in [-0.25, -0.2) is 19.6 Å². The molecule has 110 valence electrons. The van der Waals surface area contributed by atoms with Crippen LogP contribution in [0.4, 0.5) is 0 Å². The van der Waals surface area contributed by atoms with Gasteiger partial charge in [0.05, 0.1) is 0 Å². The van der Waals surface area contributed by atoms with E-state index in [9.17, 15) is 0 Å². The van der Waals surface area contributed by atoms with Crippen molar-refractivity contribution in [2.75, 3.05) is 0 Å². The van der Waals surface area contributed by atoms with E-state index in [1.165, 1.54) is 10.9 Å². The number of nitrogens with zero attached hydrogens (tertiary/aromatic N) is 5. The van der Waals surface area contributed by atoms with E-state index in [-0.39, 0.29) is 0 Å². The first-order valence-electron chi connectivity index (χ1n) is 6.81. The van der Waals surface area contributed by atoms with Gasteiger partial charge in [-0.15, -0.1) is 11.3 Å². The van der Waals surface area contributed by atoms with Gasteiger partial charge >= 0.3 is 0 Å². The van der Waals surface area contributed by atoms with E-state index in [1.54, 1.807) is 34.1 Å². The van der Waals surface area contributed by atoms with Crippen LogP contribution in [0.15, 0.2) is 21.9 Å². The quantitative estimate of drug-likeness (QED) is 0.689. The Kier molecular flexibility index (Phi) is 3.95. The first-order chi connectivity index (χ1) is 10.0.